The number of fused-ring (bicyclic) bond motifs is 1. The van der Waals surface area contributed by atoms with Crippen LogP contribution in [0, 0.1) is 9.39 Å². The molecule has 2 N–H and O–H groups in total. The third-order valence-electron chi connectivity index (χ3n) is 5.01. The monoisotopic (exact) mass is 570 g/mol. The van der Waals surface area contributed by atoms with Gasteiger partial charge in [-0.2, -0.15) is 5.10 Å². The highest BCUT2D eigenvalue weighted by molar-refractivity contribution is 14.1. The molecule has 0 unspecified atom stereocenters. The molecule has 34 heavy (non-hydrogen) atoms. The zero-order chi connectivity index (χ0) is 24.1. The standard InChI is InChI=1S/C26H20FIN2O4/c1-33-24-11-17(10-22(28)25(24)34-15-16-5-4-8-20(27)9-16)14-29-30-26(32)21-12-18-6-2-3-7-19(18)13-23(21)31/h2-14,31H,15H2,1H3,(H,30,32). The van der Waals surface area contributed by atoms with E-state index in [9.17, 15) is 14.3 Å². The maximum absolute atomic E-state index is 13.4. The highest BCUT2D eigenvalue weighted by Crippen LogP contribution is 2.34. The zero-order valence-electron chi connectivity index (χ0n) is 18.1. The van der Waals surface area contributed by atoms with Crippen molar-refractivity contribution in [1.29, 1.82) is 0 Å². The molecule has 172 valence electrons. The maximum atomic E-state index is 13.4. The quantitative estimate of drug-likeness (QED) is 0.171. The number of hydrazone groups is 1. The van der Waals surface area contributed by atoms with Crippen LogP contribution in [0.5, 0.6) is 17.2 Å². The molecule has 0 aliphatic carbocycles. The van der Waals surface area contributed by atoms with Gasteiger partial charge in [-0.3, -0.25) is 4.79 Å². The van der Waals surface area contributed by atoms with E-state index < -0.39 is 5.91 Å². The number of hydrogen-bond donors (Lipinski definition) is 2. The summed E-state index contributed by atoms with van der Waals surface area (Å²) in [6, 6.07) is 20.3. The van der Waals surface area contributed by atoms with Crippen molar-refractivity contribution in [3.05, 3.63) is 98.9 Å². The number of phenolic OH excluding ortho intramolecular Hbond substituents is 1. The average Bonchev–Trinajstić information content (AvgIpc) is 2.82. The molecule has 4 rings (SSSR count). The lowest BCUT2D eigenvalue weighted by Crippen LogP contribution is -2.17. The van der Waals surface area contributed by atoms with Gasteiger partial charge in [0.1, 0.15) is 18.2 Å². The third-order valence-corrected chi connectivity index (χ3v) is 5.81. The molecule has 1 amide bonds. The molecule has 0 fully saturated rings. The minimum Gasteiger partial charge on any atom is -0.507 e. The van der Waals surface area contributed by atoms with Gasteiger partial charge in [0.05, 0.1) is 22.5 Å². The average molecular weight is 570 g/mol. The Morgan fingerprint density at radius 2 is 1.85 bits per heavy atom. The topological polar surface area (TPSA) is 80.2 Å². The molecule has 4 aromatic rings. The van der Waals surface area contributed by atoms with Crippen LogP contribution in [0.3, 0.4) is 0 Å². The van der Waals surface area contributed by atoms with E-state index in [0.29, 0.717) is 22.6 Å². The molecule has 4 aromatic carbocycles. The largest absolute Gasteiger partial charge is 0.507 e. The molecular weight excluding hydrogens is 550 g/mol. The first-order valence-electron chi connectivity index (χ1n) is 10.2. The van der Waals surface area contributed by atoms with E-state index >= 15 is 0 Å². The Hall–Kier alpha value is -3.66. The zero-order valence-corrected chi connectivity index (χ0v) is 20.2. The number of rotatable bonds is 7. The smallest absolute Gasteiger partial charge is 0.275 e. The molecule has 0 bridgehead atoms. The molecule has 0 aromatic heterocycles. The summed E-state index contributed by atoms with van der Waals surface area (Å²) < 4.78 is 25.5. The fraction of sp³-hybridized carbons (Fsp3) is 0.0769. The van der Waals surface area contributed by atoms with Crippen LogP contribution in [0.15, 0.2) is 77.9 Å². The number of carbonyl (C=O) groups is 1. The van der Waals surface area contributed by atoms with Crippen LogP contribution in [-0.4, -0.2) is 24.3 Å². The lowest BCUT2D eigenvalue weighted by atomic mass is 10.1. The van der Waals surface area contributed by atoms with Crippen molar-refractivity contribution in [1.82, 2.24) is 5.43 Å². The van der Waals surface area contributed by atoms with Gasteiger partial charge in [0, 0.05) is 0 Å². The van der Waals surface area contributed by atoms with Gasteiger partial charge < -0.3 is 14.6 Å². The first kappa shape index (κ1) is 23.5. The highest BCUT2D eigenvalue weighted by atomic mass is 127. The molecule has 0 spiro atoms. The van der Waals surface area contributed by atoms with Crippen molar-refractivity contribution in [2.75, 3.05) is 7.11 Å². The van der Waals surface area contributed by atoms with Crippen molar-refractivity contribution < 1.29 is 23.8 Å². The van der Waals surface area contributed by atoms with E-state index in [4.69, 9.17) is 9.47 Å². The number of hydrogen-bond acceptors (Lipinski definition) is 5. The lowest BCUT2D eigenvalue weighted by molar-refractivity contribution is 0.0952. The van der Waals surface area contributed by atoms with Crippen molar-refractivity contribution in [3.8, 4) is 17.2 Å². The Kier molecular flexibility index (Phi) is 7.27. The molecule has 8 heteroatoms. The molecule has 0 saturated carbocycles. The fourth-order valence-electron chi connectivity index (χ4n) is 3.37. The van der Waals surface area contributed by atoms with E-state index in [0.717, 1.165) is 14.3 Å². The van der Waals surface area contributed by atoms with Crippen LogP contribution in [-0.2, 0) is 6.61 Å². The summed E-state index contributed by atoms with van der Waals surface area (Å²) >= 11 is 2.11. The number of nitrogens with one attached hydrogen (secondary N) is 1. The minimum atomic E-state index is -0.531. The number of carbonyl (C=O) groups excluding carboxylic acids is 1. The van der Waals surface area contributed by atoms with Crippen LogP contribution in [0.4, 0.5) is 4.39 Å². The van der Waals surface area contributed by atoms with Crippen LogP contribution in [0.1, 0.15) is 21.5 Å². The predicted octanol–water partition coefficient (Wildman–Crippen LogP) is 5.64. The van der Waals surface area contributed by atoms with Gasteiger partial charge in [-0.1, -0.05) is 36.4 Å². The molecule has 0 atom stereocenters. The van der Waals surface area contributed by atoms with Crippen molar-refractivity contribution in [3.63, 3.8) is 0 Å². The molecule has 6 nitrogen and oxygen atoms in total. The Bertz CT molecular complexity index is 1390. The Morgan fingerprint density at radius 1 is 1.09 bits per heavy atom. The summed E-state index contributed by atoms with van der Waals surface area (Å²) in [6.45, 7) is 0.183. The summed E-state index contributed by atoms with van der Waals surface area (Å²) in [5.74, 6) is 0.0184. The third kappa shape index (κ3) is 5.45. The van der Waals surface area contributed by atoms with E-state index in [1.165, 1.54) is 25.5 Å². The number of ether oxygens (including phenoxy) is 2. The molecule has 0 saturated heterocycles. The second-order valence-electron chi connectivity index (χ2n) is 7.37. The maximum Gasteiger partial charge on any atom is 0.275 e. The van der Waals surface area contributed by atoms with E-state index in [1.807, 2.05) is 30.3 Å². The Balaban J connectivity index is 1.47. The van der Waals surface area contributed by atoms with Gasteiger partial charge in [-0.15, -0.1) is 0 Å². The van der Waals surface area contributed by atoms with Gasteiger partial charge in [0.15, 0.2) is 11.5 Å². The van der Waals surface area contributed by atoms with Crippen molar-refractivity contribution >= 4 is 45.5 Å². The van der Waals surface area contributed by atoms with Gasteiger partial charge in [-0.25, -0.2) is 9.82 Å². The van der Waals surface area contributed by atoms with Crippen molar-refractivity contribution in [2.24, 2.45) is 5.10 Å². The van der Waals surface area contributed by atoms with Crippen LogP contribution in [0.25, 0.3) is 10.8 Å². The van der Waals surface area contributed by atoms with Crippen LogP contribution >= 0.6 is 22.6 Å². The van der Waals surface area contributed by atoms with Crippen LogP contribution in [0.2, 0.25) is 0 Å². The minimum absolute atomic E-state index is 0.123. The number of aromatic hydroxyl groups is 1. The second kappa shape index (κ2) is 10.5. The lowest BCUT2D eigenvalue weighted by Gasteiger charge is -2.13. The Labute approximate surface area is 209 Å². The second-order valence-corrected chi connectivity index (χ2v) is 8.53. The molecular formula is C26H20FIN2O4. The highest BCUT2D eigenvalue weighted by Gasteiger charge is 2.13. The summed E-state index contributed by atoms with van der Waals surface area (Å²) in [5.41, 5.74) is 3.93. The molecule has 0 heterocycles. The first-order chi connectivity index (χ1) is 16.4. The van der Waals surface area contributed by atoms with Gasteiger partial charge in [0.2, 0.25) is 0 Å². The molecule has 0 radical (unpaired) electrons. The first-order valence-corrected chi connectivity index (χ1v) is 11.3. The molecule has 0 aliphatic heterocycles. The summed E-state index contributed by atoms with van der Waals surface area (Å²) in [4.78, 5) is 12.5. The number of halogens is 2. The van der Waals surface area contributed by atoms with E-state index in [2.05, 4.69) is 33.1 Å². The van der Waals surface area contributed by atoms with Crippen LogP contribution < -0.4 is 14.9 Å². The van der Waals surface area contributed by atoms with Gasteiger partial charge in [0.25, 0.3) is 5.91 Å². The number of benzene rings is 4. The Morgan fingerprint density at radius 3 is 2.59 bits per heavy atom. The van der Waals surface area contributed by atoms with E-state index in [-0.39, 0.29) is 23.7 Å². The summed E-state index contributed by atoms with van der Waals surface area (Å²) in [6.07, 6.45) is 1.47. The predicted molar refractivity (Wildman–Crippen MR) is 137 cm³/mol. The fourth-order valence-corrected chi connectivity index (χ4v) is 4.15. The number of phenols is 1. The van der Waals surface area contributed by atoms with Gasteiger partial charge in [-0.05, 0) is 80.9 Å². The number of nitrogens with zero attached hydrogens (tertiary/aromatic N) is 1. The number of methoxy groups -OCH3 is 1. The summed E-state index contributed by atoms with van der Waals surface area (Å²) in [7, 11) is 1.52. The number of amides is 1. The van der Waals surface area contributed by atoms with Gasteiger partial charge >= 0.3 is 0 Å². The normalized spacial score (nSPS) is 11.0. The summed E-state index contributed by atoms with van der Waals surface area (Å²) in [5, 5.41) is 15.9. The van der Waals surface area contributed by atoms with Crippen molar-refractivity contribution in [2.45, 2.75) is 6.61 Å². The SMILES string of the molecule is COc1cc(C=NNC(=O)c2cc3ccccc3cc2O)cc(I)c1OCc1cccc(F)c1. The molecule has 0 aliphatic rings. The van der Waals surface area contributed by atoms with E-state index in [1.54, 1.807) is 30.3 Å².